The number of rotatable bonds is 8. The van der Waals surface area contributed by atoms with Crippen LogP contribution in [0.2, 0.25) is 0 Å². The Morgan fingerprint density at radius 2 is 0.590 bits per heavy atom. The Hall–Kier alpha value is -8.21. The lowest BCUT2D eigenvalue weighted by Gasteiger charge is -2.11. The minimum Gasteiger partial charge on any atom is -0.309 e. The van der Waals surface area contributed by atoms with Gasteiger partial charge < -0.3 is 4.57 Å². The van der Waals surface area contributed by atoms with Gasteiger partial charge in [-0.25, -0.2) is 15.0 Å². The first-order valence-electron chi connectivity index (χ1n) is 20.6. The first kappa shape index (κ1) is 35.9. The molecule has 2 heterocycles. The van der Waals surface area contributed by atoms with E-state index >= 15 is 0 Å². The van der Waals surface area contributed by atoms with E-state index in [1.807, 2.05) is 12.1 Å². The van der Waals surface area contributed by atoms with Gasteiger partial charge in [0.15, 0.2) is 17.5 Å². The molecule has 11 aromatic rings. The fraction of sp³-hybridized carbons (Fsp3) is 0. The van der Waals surface area contributed by atoms with Gasteiger partial charge in [0.2, 0.25) is 0 Å². The van der Waals surface area contributed by atoms with Crippen LogP contribution in [0.25, 0.3) is 106 Å². The number of nitrogens with zero attached hydrogens (tertiary/aromatic N) is 4. The van der Waals surface area contributed by atoms with Crippen molar-refractivity contribution >= 4 is 21.8 Å². The second-order valence-electron chi connectivity index (χ2n) is 15.3. The highest BCUT2D eigenvalue weighted by atomic mass is 15.0. The van der Waals surface area contributed by atoms with E-state index in [1.165, 1.54) is 38.5 Å². The summed E-state index contributed by atoms with van der Waals surface area (Å²) in [5, 5.41) is 2.47. The van der Waals surface area contributed by atoms with Gasteiger partial charge in [0.25, 0.3) is 0 Å². The molecule has 0 spiro atoms. The minimum absolute atomic E-state index is 0.623. The van der Waals surface area contributed by atoms with Crippen LogP contribution >= 0.6 is 0 Å². The van der Waals surface area contributed by atoms with Gasteiger partial charge in [-0.3, -0.25) is 0 Å². The van der Waals surface area contributed by atoms with Crippen LogP contribution in [0, 0.1) is 0 Å². The number of hydrogen-bond donors (Lipinski definition) is 0. The lowest BCUT2D eigenvalue weighted by molar-refractivity contribution is 1.07. The summed E-state index contributed by atoms with van der Waals surface area (Å²) in [5.74, 6) is 1.88. The van der Waals surface area contributed by atoms with Crippen LogP contribution in [0.5, 0.6) is 0 Å². The van der Waals surface area contributed by atoms with Gasteiger partial charge in [-0.15, -0.1) is 0 Å². The fourth-order valence-electron chi connectivity index (χ4n) is 8.37. The third-order valence-corrected chi connectivity index (χ3v) is 11.5. The molecule has 0 amide bonds. The molecule has 0 bridgehead atoms. The summed E-state index contributed by atoms with van der Waals surface area (Å²) < 4.78 is 2.36. The Kier molecular flexibility index (Phi) is 9.14. The predicted molar refractivity (Wildman–Crippen MR) is 252 cm³/mol. The molecule has 286 valence electrons. The standard InChI is InChI=1S/C57H38N4/c1-4-14-39(15-5-1)41-26-30-43(31-27-41)55-58-56(44-32-28-42(29-33-44)40-16-6-2-7-17-40)60-57(59-55)49-21-13-20-47(37-49)45-18-12-19-46(36-45)48-34-35-54-52(38-48)51-24-10-11-25-53(51)61(54)50-22-8-3-9-23-50/h1-38H. The highest BCUT2D eigenvalue weighted by Crippen LogP contribution is 2.37. The quantitative estimate of drug-likeness (QED) is 0.154. The number of benzene rings is 9. The maximum atomic E-state index is 5.12. The third kappa shape index (κ3) is 6.96. The predicted octanol–water partition coefficient (Wildman–Crippen LogP) is 14.6. The van der Waals surface area contributed by atoms with Crippen LogP contribution in [0.15, 0.2) is 231 Å². The van der Waals surface area contributed by atoms with E-state index in [0.29, 0.717) is 17.5 Å². The molecule has 0 fully saturated rings. The summed E-state index contributed by atoms with van der Waals surface area (Å²) in [6, 6.07) is 81.2. The lowest BCUT2D eigenvalue weighted by Crippen LogP contribution is -2.00. The van der Waals surface area contributed by atoms with E-state index in [2.05, 4.69) is 223 Å². The van der Waals surface area contributed by atoms with Crippen LogP contribution in [0.3, 0.4) is 0 Å². The van der Waals surface area contributed by atoms with Crippen molar-refractivity contribution in [2.75, 3.05) is 0 Å². The van der Waals surface area contributed by atoms with Gasteiger partial charge in [-0.2, -0.15) is 0 Å². The highest BCUT2D eigenvalue weighted by molar-refractivity contribution is 6.10. The van der Waals surface area contributed by atoms with Crippen molar-refractivity contribution in [3.05, 3.63) is 231 Å². The maximum absolute atomic E-state index is 5.12. The first-order valence-corrected chi connectivity index (χ1v) is 20.6. The van der Waals surface area contributed by atoms with Crippen molar-refractivity contribution in [3.8, 4) is 84.4 Å². The van der Waals surface area contributed by atoms with Gasteiger partial charge in [0.05, 0.1) is 11.0 Å². The molecule has 0 unspecified atom stereocenters. The molecular formula is C57H38N4. The average molecular weight is 779 g/mol. The molecule has 0 aliphatic carbocycles. The van der Waals surface area contributed by atoms with Gasteiger partial charge in [-0.1, -0.05) is 188 Å². The monoisotopic (exact) mass is 778 g/mol. The molecule has 0 N–H and O–H groups in total. The van der Waals surface area contributed by atoms with Gasteiger partial charge >= 0.3 is 0 Å². The molecule has 2 aromatic heterocycles. The summed E-state index contributed by atoms with van der Waals surface area (Å²) in [7, 11) is 0. The molecule has 0 atom stereocenters. The largest absolute Gasteiger partial charge is 0.309 e. The van der Waals surface area contributed by atoms with Crippen molar-refractivity contribution < 1.29 is 0 Å². The number of hydrogen-bond acceptors (Lipinski definition) is 3. The molecule has 4 heteroatoms. The molecule has 61 heavy (non-hydrogen) atoms. The topological polar surface area (TPSA) is 43.6 Å². The van der Waals surface area contributed by atoms with E-state index in [4.69, 9.17) is 15.0 Å². The number of fused-ring (bicyclic) bond motifs is 3. The molecule has 4 nitrogen and oxygen atoms in total. The summed E-state index contributed by atoms with van der Waals surface area (Å²) >= 11 is 0. The zero-order valence-corrected chi connectivity index (χ0v) is 33.2. The van der Waals surface area contributed by atoms with E-state index in [-0.39, 0.29) is 0 Å². The fourth-order valence-corrected chi connectivity index (χ4v) is 8.37. The van der Waals surface area contributed by atoms with E-state index in [1.54, 1.807) is 0 Å². The second kappa shape index (κ2) is 15.5. The normalized spacial score (nSPS) is 11.3. The van der Waals surface area contributed by atoms with Crippen molar-refractivity contribution in [2.45, 2.75) is 0 Å². The molecule has 0 saturated heterocycles. The molecule has 0 aliphatic heterocycles. The van der Waals surface area contributed by atoms with Crippen LogP contribution < -0.4 is 0 Å². The van der Waals surface area contributed by atoms with E-state index in [0.717, 1.165) is 50.2 Å². The molecule has 11 rings (SSSR count). The van der Waals surface area contributed by atoms with Gasteiger partial charge in [0, 0.05) is 33.2 Å². The average Bonchev–Trinajstić information content (AvgIpc) is 3.68. The van der Waals surface area contributed by atoms with Gasteiger partial charge in [0.1, 0.15) is 0 Å². The van der Waals surface area contributed by atoms with Gasteiger partial charge in [-0.05, 0) is 87.0 Å². The molecule has 9 aromatic carbocycles. The van der Waals surface area contributed by atoms with Crippen molar-refractivity contribution in [1.29, 1.82) is 0 Å². The Labute approximate surface area is 354 Å². The molecule has 0 aliphatic rings. The van der Waals surface area contributed by atoms with E-state index in [9.17, 15) is 0 Å². The summed E-state index contributed by atoms with van der Waals surface area (Å²) in [4.78, 5) is 15.3. The first-order chi connectivity index (χ1) is 30.2. The summed E-state index contributed by atoms with van der Waals surface area (Å²) in [6.07, 6.45) is 0. The molecular weight excluding hydrogens is 741 g/mol. The lowest BCUT2D eigenvalue weighted by atomic mass is 9.97. The Morgan fingerprint density at radius 1 is 0.230 bits per heavy atom. The Bertz CT molecular complexity index is 3220. The van der Waals surface area contributed by atoms with Crippen LogP contribution in [0.4, 0.5) is 0 Å². The Balaban J connectivity index is 0.971. The van der Waals surface area contributed by atoms with Crippen LogP contribution in [-0.2, 0) is 0 Å². The van der Waals surface area contributed by atoms with Crippen molar-refractivity contribution in [1.82, 2.24) is 19.5 Å². The maximum Gasteiger partial charge on any atom is 0.164 e. The van der Waals surface area contributed by atoms with Crippen LogP contribution in [-0.4, -0.2) is 19.5 Å². The Morgan fingerprint density at radius 3 is 1.15 bits per heavy atom. The van der Waals surface area contributed by atoms with E-state index < -0.39 is 0 Å². The third-order valence-electron chi connectivity index (χ3n) is 11.5. The SMILES string of the molecule is c1ccc(-c2ccc(-c3nc(-c4ccc(-c5ccccc5)cc4)nc(-c4cccc(-c5cccc(-c6ccc7c(c6)c6ccccc6n7-c6ccccc6)c5)c4)n3)cc2)cc1. The zero-order valence-electron chi connectivity index (χ0n) is 33.2. The number of aromatic nitrogens is 4. The van der Waals surface area contributed by atoms with Crippen molar-refractivity contribution in [3.63, 3.8) is 0 Å². The molecule has 0 radical (unpaired) electrons. The molecule has 0 saturated carbocycles. The number of para-hydroxylation sites is 2. The smallest absolute Gasteiger partial charge is 0.164 e. The van der Waals surface area contributed by atoms with Crippen LogP contribution in [0.1, 0.15) is 0 Å². The highest BCUT2D eigenvalue weighted by Gasteiger charge is 2.16. The zero-order chi connectivity index (χ0) is 40.5. The van der Waals surface area contributed by atoms with Crippen molar-refractivity contribution in [2.24, 2.45) is 0 Å². The minimum atomic E-state index is 0.623. The summed E-state index contributed by atoms with van der Waals surface area (Å²) in [6.45, 7) is 0. The second-order valence-corrected chi connectivity index (χ2v) is 15.3. The summed E-state index contributed by atoms with van der Waals surface area (Å²) in [5.41, 5.74) is 15.5.